The Bertz CT molecular complexity index is 854. The summed E-state index contributed by atoms with van der Waals surface area (Å²) in [6.07, 6.45) is 1.57. The zero-order valence-corrected chi connectivity index (χ0v) is 13.0. The number of rotatable bonds is 3. The Hall–Kier alpha value is -2.73. The molecule has 0 saturated carbocycles. The number of nitro groups is 1. The van der Waals surface area contributed by atoms with Crippen molar-refractivity contribution in [2.75, 3.05) is 0 Å². The zero-order valence-electron chi connectivity index (χ0n) is 12.2. The molecular formula is C17H12N2O3S. The monoisotopic (exact) mass is 324 g/mol. The van der Waals surface area contributed by atoms with E-state index in [4.69, 9.17) is 0 Å². The van der Waals surface area contributed by atoms with Gasteiger partial charge in [0.25, 0.3) is 5.69 Å². The topological polar surface area (TPSA) is 72.6 Å². The minimum Gasteiger partial charge on any atom is -0.279 e. The van der Waals surface area contributed by atoms with Crippen LogP contribution in [-0.4, -0.2) is 15.1 Å². The number of hydrogen-bond acceptors (Lipinski definition) is 5. The molecule has 23 heavy (non-hydrogen) atoms. The number of hydrogen-bond donors (Lipinski definition) is 0. The van der Waals surface area contributed by atoms with Crippen LogP contribution in [0.3, 0.4) is 0 Å². The fourth-order valence-electron chi connectivity index (χ4n) is 2.11. The molecule has 0 aliphatic carbocycles. The number of nitro benzene ring substituents is 1. The van der Waals surface area contributed by atoms with Gasteiger partial charge in [-0.1, -0.05) is 42.0 Å². The van der Waals surface area contributed by atoms with Crippen LogP contribution in [0.4, 0.5) is 5.69 Å². The lowest BCUT2D eigenvalue weighted by atomic mass is 10.1. The highest BCUT2D eigenvalue weighted by Gasteiger charge is 2.23. The summed E-state index contributed by atoms with van der Waals surface area (Å²) < 4.78 is 0. The van der Waals surface area contributed by atoms with Gasteiger partial charge < -0.3 is 0 Å². The quantitative estimate of drug-likeness (QED) is 0.486. The number of aryl methyl sites for hydroxylation is 1. The molecule has 0 N–H and O–H groups in total. The number of non-ortho nitro benzene ring substituents is 1. The van der Waals surface area contributed by atoms with E-state index in [2.05, 4.69) is 4.99 Å². The van der Waals surface area contributed by atoms with Crippen LogP contribution in [0.25, 0.3) is 6.08 Å². The lowest BCUT2D eigenvalue weighted by molar-refractivity contribution is -0.384. The number of carbonyl (C=O) groups excluding carboxylic acids is 1. The second-order valence-corrected chi connectivity index (χ2v) is 6.02. The molecule has 0 amide bonds. The Balaban J connectivity index is 1.93. The van der Waals surface area contributed by atoms with Crippen molar-refractivity contribution in [3.05, 3.63) is 81.0 Å². The van der Waals surface area contributed by atoms with E-state index in [1.54, 1.807) is 18.2 Å². The minimum atomic E-state index is -0.464. The zero-order chi connectivity index (χ0) is 16.4. The molecule has 0 aromatic heterocycles. The van der Waals surface area contributed by atoms with Crippen molar-refractivity contribution >= 4 is 33.7 Å². The van der Waals surface area contributed by atoms with Gasteiger partial charge in [-0.05, 0) is 30.3 Å². The van der Waals surface area contributed by atoms with Gasteiger partial charge in [0.05, 0.1) is 4.92 Å². The summed E-state index contributed by atoms with van der Waals surface area (Å²) in [7, 11) is 0. The van der Waals surface area contributed by atoms with E-state index in [-0.39, 0.29) is 10.8 Å². The van der Waals surface area contributed by atoms with E-state index in [0.717, 1.165) is 22.9 Å². The molecule has 5 nitrogen and oxygen atoms in total. The van der Waals surface area contributed by atoms with Crippen molar-refractivity contribution in [3.63, 3.8) is 0 Å². The summed E-state index contributed by atoms with van der Waals surface area (Å²) in [6, 6.07) is 13.9. The van der Waals surface area contributed by atoms with Gasteiger partial charge in [-0.3, -0.25) is 14.9 Å². The number of aliphatic imine (C=N–C) groups is 1. The summed E-state index contributed by atoms with van der Waals surface area (Å²) in [5, 5.41) is 11.3. The third-order valence-corrected chi connectivity index (χ3v) is 4.22. The van der Waals surface area contributed by atoms with Crippen molar-refractivity contribution in [2.24, 2.45) is 4.99 Å². The lowest BCUT2D eigenvalue weighted by Gasteiger charge is -1.98. The molecule has 0 unspecified atom stereocenters. The molecule has 3 rings (SSSR count). The maximum absolute atomic E-state index is 12.1. The van der Waals surface area contributed by atoms with Crippen LogP contribution >= 0.6 is 11.8 Å². The lowest BCUT2D eigenvalue weighted by Crippen LogP contribution is -1.92. The predicted octanol–water partition coefficient (Wildman–Crippen LogP) is 3.96. The van der Waals surface area contributed by atoms with Crippen molar-refractivity contribution in [3.8, 4) is 0 Å². The van der Waals surface area contributed by atoms with E-state index in [9.17, 15) is 14.9 Å². The average molecular weight is 324 g/mol. The fourth-order valence-corrected chi connectivity index (χ4v) is 2.90. The third kappa shape index (κ3) is 3.37. The number of carbonyl (C=O) groups is 1. The Morgan fingerprint density at radius 2 is 1.91 bits per heavy atom. The first-order valence-electron chi connectivity index (χ1n) is 6.87. The molecule has 2 aromatic rings. The minimum absolute atomic E-state index is 0.0137. The highest BCUT2D eigenvalue weighted by Crippen LogP contribution is 2.29. The Labute approximate surface area is 136 Å². The first kappa shape index (κ1) is 15.2. The SMILES string of the molecule is Cc1ccc(C2=N/C(=C/c3cccc([N+](=O)[O-])c3)C(=O)S2)cc1. The van der Waals surface area contributed by atoms with Gasteiger partial charge in [-0.2, -0.15) is 0 Å². The van der Waals surface area contributed by atoms with Crippen LogP contribution in [-0.2, 0) is 4.79 Å². The van der Waals surface area contributed by atoms with Crippen LogP contribution in [0.5, 0.6) is 0 Å². The molecule has 0 atom stereocenters. The maximum atomic E-state index is 12.1. The third-order valence-electron chi connectivity index (χ3n) is 3.30. The molecule has 0 spiro atoms. The molecule has 6 heteroatoms. The Morgan fingerprint density at radius 3 is 2.61 bits per heavy atom. The van der Waals surface area contributed by atoms with Crippen LogP contribution in [0, 0.1) is 17.0 Å². The van der Waals surface area contributed by atoms with E-state index >= 15 is 0 Å². The molecule has 1 aliphatic heterocycles. The highest BCUT2D eigenvalue weighted by atomic mass is 32.2. The summed E-state index contributed by atoms with van der Waals surface area (Å²) >= 11 is 1.07. The van der Waals surface area contributed by atoms with Gasteiger partial charge in [0.2, 0.25) is 5.12 Å². The van der Waals surface area contributed by atoms with E-state index in [1.165, 1.54) is 12.1 Å². The van der Waals surface area contributed by atoms with Gasteiger partial charge in [0.1, 0.15) is 10.7 Å². The maximum Gasteiger partial charge on any atom is 0.270 e. The smallest absolute Gasteiger partial charge is 0.270 e. The van der Waals surface area contributed by atoms with Gasteiger partial charge in [-0.25, -0.2) is 4.99 Å². The molecule has 0 saturated heterocycles. The van der Waals surface area contributed by atoms with Gasteiger partial charge >= 0.3 is 0 Å². The first-order valence-corrected chi connectivity index (χ1v) is 7.68. The van der Waals surface area contributed by atoms with E-state index in [1.807, 2.05) is 31.2 Å². The molecule has 114 valence electrons. The molecule has 0 fully saturated rings. The molecule has 1 heterocycles. The van der Waals surface area contributed by atoms with Crippen molar-refractivity contribution in [1.29, 1.82) is 0 Å². The van der Waals surface area contributed by atoms with Crippen molar-refractivity contribution in [1.82, 2.24) is 0 Å². The van der Waals surface area contributed by atoms with Crippen LogP contribution < -0.4 is 0 Å². The van der Waals surface area contributed by atoms with Gasteiger partial charge in [0, 0.05) is 17.7 Å². The number of nitrogens with zero attached hydrogens (tertiary/aromatic N) is 2. The van der Waals surface area contributed by atoms with E-state index < -0.39 is 4.92 Å². The molecule has 0 radical (unpaired) electrons. The summed E-state index contributed by atoms with van der Waals surface area (Å²) in [6.45, 7) is 1.99. The second-order valence-electron chi connectivity index (χ2n) is 5.05. The number of benzene rings is 2. The predicted molar refractivity (Wildman–Crippen MR) is 91.4 cm³/mol. The first-order chi connectivity index (χ1) is 11.0. The van der Waals surface area contributed by atoms with Crippen molar-refractivity contribution < 1.29 is 9.72 Å². The number of thioether (sulfide) groups is 1. The molecular weight excluding hydrogens is 312 g/mol. The van der Waals surface area contributed by atoms with Crippen LogP contribution in [0.2, 0.25) is 0 Å². The average Bonchev–Trinajstić information content (AvgIpc) is 2.89. The summed E-state index contributed by atoms with van der Waals surface area (Å²) in [4.78, 5) is 26.8. The van der Waals surface area contributed by atoms with Crippen LogP contribution in [0.1, 0.15) is 16.7 Å². The summed E-state index contributed by atoms with van der Waals surface area (Å²) in [5.74, 6) is 0. The Kier molecular flexibility index (Phi) is 4.08. The summed E-state index contributed by atoms with van der Waals surface area (Å²) in [5.41, 5.74) is 2.88. The Morgan fingerprint density at radius 1 is 1.17 bits per heavy atom. The van der Waals surface area contributed by atoms with Crippen molar-refractivity contribution in [2.45, 2.75) is 6.92 Å². The normalized spacial score (nSPS) is 15.8. The van der Waals surface area contributed by atoms with Gasteiger partial charge in [0.15, 0.2) is 0 Å². The van der Waals surface area contributed by atoms with Crippen LogP contribution in [0.15, 0.2) is 59.2 Å². The second kappa shape index (κ2) is 6.18. The molecule has 1 aliphatic rings. The molecule has 0 bridgehead atoms. The van der Waals surface area contributed by atoms with Gasteiger partial charge in [-0.15, -0.1) is 0 Å². The van der Waals surface area contributed by atoms with E-state index in [0.29, 0.717) is 16.3 Å². The fraction of sp³-hybridized carbons (Fsp3) is 0.0588. The largest absolute Gasteiger partial charge is 0.279 e. The molecule has 2 aromatic carbocycles. The standard InChI is InChI=1S/C17H12N2O3S/c1-11-5-7-13(8-6-11)16-18-15(17(20)23-16)10-12-3-2-4-14(9-12)19(21)22/h2-10H,1H3/b15-10+. The highest BCUT2D eigenvalue weighted by molar-refractivity contribution is 8.27.